The first-order chi connectivity index (χ1) is 15.5. The Balaban J connectivity index is 1.99. The molecule has 0 spiro atoms. The smallest absolute Gasteiger partial charge is 0.336 e. The van der Waals surface area contributed by atoms with Crippen molar-refractivity contribution in [3.8, 4) is 0 Å². The maximum Gasteiger partial charge on any atom is 0.336 e. The summed E-state index contributed by atoms with van der Waals surface area (Å²) in [5.74, 6) is -2.95. The SMILES string of the molecule is CCOC(=O)C1=C(C)N[C@]2(C)[C@H](C(=O)OC(C)(C)C)[C@@H]3c4ccccc4[C@H]1C32C(=O)OCC. The monoisotopic (exact) mass is 455 g/mol. The van der Waals surface area contributed by atoms with Crippen LogP contribution in [0.25, 0.3) is 0 Å². The van der Waals surface area contributed by atoms with Gasteiger partial charge in [0.05, 0.1) is 30.2 Å². The van der Waals surface area contributed by atoms with Crippen LogP contribution in [0.5, 0.6) is 0 Å². The summed E-state index contributed by atoms with van der Waals surface area (Å²) in [5.41, 5.74) is -0.0993. The van der Waals surface area contributed by atoms with Crippen LogP contribution in [0, 0.1) is 11.3 Å². The molecule has 1 fully saturated rings. The van der Waals surface area contributed by atoms with E-state index >= 15 is 0 Å². The van der Waals surface area contributed by atoms with Gasteiger partial charge >= 0.3 is 17.9 Å². The van der Waals surface area contributed by atoms with Gasteiger partial charge in [0.1, 0.15) is 11.0 Å². The molecule has 178 valence electrons. The fourth-order valence-corrected chi connectivity index (χ4v) is 6.45. The first kappa shape index (κ1) is 23.3. The second-order valence-corrected chi connectivity index (χ2v) is 10.2. The second-order valence-electron chi connectivity index (χ2n) is 10.2. The van der Waals surface area contributed by atoms with Crippen molar-refractivity contribution in [3.05, 3.63) is 46.7 Å². The maximum absolute atomic E-state index is 13.8. The molecule has 0 bridgehead atoms. The molecular formula is C26H33NO6. The van der Waals surface area contributed by atoms with Gasteiger partial charge in [0, 0.05) is 17.5 Å². The van der Waals surface area contributed by atoms with Crippen molar-refractivity contribution in [1.29, 1.82) is 0 Å². The number of ether oxygens (including phenoxy) is 3. The summed E-state index contributed by atoms with van der Waals surface area (Å²) in [6, 6.07) is 7.66. The maximum atomic E-state index is 13.8. The van der Waals surface area contributed by atoms with Gasteiger partial charge in [-0.15, -0.1) is 0 Å². The molecule has 1 aliphatic heterocycles. The number of esters is 3. The minimum Gasteiger partial charge on any atom is -0.465 e. The Labute approximate surface area is 194 Å². The molecule has 0 saturated heterocycles. The molecule has 0 radical (unpaired) electrons. The van der Waals surface area contributed by atoms with Crippen molar-refractivity contribution in [2.24, 2.45) is 11.3 Å². The van der Waals surface area contributed by atoms with E-state index in [9.17, 15) is 14.4 Å². The highest BCUT2D eigenvalue weighted by Crippen LogP contribution is 2.77. The number of carbonyl (C=O) groups is 3. The molecule has 7 heteroatoms. The average molecular weight is 456 g/mol. The predicted octanol–water partition coefficient (Wildman–Crippen LogP) is 3.59. The molecule has 0 amide bonds. The average Bonchev–Trinajstić information content (AvgIpc) is 2.97. The molecule has 0 aromatic heterocycles. The summed E-state index contributed by atoms with van der Waals surface area (Å²) in [6.45, 7) is 13.1. The summed E-state index contributed by atoms with van der Waals surface area (Å²) in [7, 11) is 0. The van der Waals surface area contributed by atoms with E-state index < -0.39 is 46.2 Å². The van der Waals surface area contributed by atoms with Crippen LogP contribution in [0.4, 0.5) is 0 Å². The second kappa shape index (κ2) is 7.61. The topological polar surface area (TPSA) is 90.9 Å². The highest BCUT2D eigenvalue weighted by molar-refractivity contribution is 6.00. The van der Waals surface area contributed by atoms with Gasteiger partial charge in [0.15, 0.2) is 0 Å². The number of benzene rings is 1. The molecule has 33 heavy (non-hydrogen) atoms. The van der Waals surface area contributed by atoms with Gasteiger partial charge in [-0.2, -0.15) is 0 Å². The number of hydrogen-bond acceptors (Lipinski definition) is 7. The van der Waals surface area contributed by atoms with E-state index in [2.05, 4.69) is 5.32 Å². The largest absolute Gasteiger partial charge is 0.465 e. The molecule has 1 unspecified atom stereocenters. The van der Waals surface area contributed by atoms with E-state index in [0.29, 0.717) is 11.3 Å². The first-order valence-electron chi connectivity index (χ1n) is 11.6. The zero-order valence-corrected chi connectivity index (χ0v) is 20.4. The minimum absolute atomic E-state index is 0.195. The van der Waals surface area contributed by atoms with Gasteiger partial charge in [-0.25, -0.2) is 4.79 Å². The van der Waals surface area contributed by atoms with E-state index in [1.807, 2.05) is 52.0 Å². The normalized spacial score (nSPS) is 31.5. The summed E-state index contributed by atoms with van der Waals surface area (Å²) in [6.07, 6.45) is 0. The third kappa shape index (κ3) is 2.97. The van der Waals surface area contributed by atoms with E-state index in [1.54, 1.807) is 20.8 Å². The zero-order valence-electron chi connectivity index (χ0n) is 20.4. The molecule has 1 N–H and O–H groups in total. The van der Waals surface area contributed by atoms with Crippen LogP contribution in [-0.2, 0) is 28.6 Å². The van der Waals surface area contributed by atoms with Crippen molar-refractivity contribution in [2.75, 3.05) is 13.2 Å². The third-order valence-corrected chi connectivity index (χ3v) is 7.31. The molecule has 3 aliphatic rings. The fraction of sp³-hybridized carbons (Fsp3) is 0.577. The lowest BCUT2D eigenvalue weighted by Gasteiger charge is -2.67. The van der Waals surface area contributed by atoms with Crippen LogP contribution in [0.2, 0.25) is 0 Å². The molecule has 2 aliphatic carbocycles. The minimum atomic E-state index is -1.17. The predicted molar refractivity (Wildman–Crippen MR) is 121 cm³/mol. The number of fused-ring (bicyclic) bond motifs is 3. The Morgan fingerprint density at radius 3 is 2.21 bits per heavy atom. The van der Waals surface area contributed by atoms with Crippen molar-refractivity contribution in [1.82, 2.24) is 5.32 Å². The Kier molecular flexibility index (Phi) is 5.38. The van der Waals surface area contributed by atoms with Crippen molar-refractivity contribution < 1.29 is 28.6 Å². The van der Waals surface area contributed by atoms with Crippen molar-refractivity contribution in [3.63, 3.8) is 0 Å². The van der Waals surface area contributed by atoms with Crippen LogP contribution in [-0.4, -0.2) is 42.3 Å². The Morgan fingerprint density at radius 1 is 1.03 bits per heavy atom. The lowest BCUT2D eigenvalue weighted by molar-refractivity contribution is -0.205. The molecule has 4 rings (SSSR count). The van der Waals surface area contributed by atoms with Crippen LogP contribution in [0.1, 0.15) is 71.4 Å². The molecule has 1 saturated carbocycles. The van der Waals surface area contributed by atoms with E-state index in [4.69, 9.17) is 14.2 Å². The van der Waals surface area contributed by atoms with Crippen LogP contribution >= 0.6 is 0 Å². The van der Waals surface area contributed by atoms with E-state index in [-0.39, 0.29) is 19.2 Å². The van der Waals surface area contributed by atoms with Crippen molar-refractivity contribution >= 4 is 17.9 Å². The summed E-state index contributed by atoms with van der Waals surface area (Å²) in [5, 5.41) is 3.39. The Hall–Kier alpha value is -2.83. The van der Waals surface area contributed by atoms with Gasteiger partial charge in [-0.1, -0.05) is 24.3 Å². The number of allylic oxidation sites excluding steroid dienone is 1. The van der Waals surface area contributed by atoms with Crippen LogP contribution in [0.3, 0.4) is 0 Å². The van der Waals surface area contributed by atoms with Crippen LogP contribution in [0.15, 0.2) is 35.5 Å². The third-order valence-electron chi connectivity index (χ3n) is 7.31. The molecule has 5 atom stereocenters. The highest BCUT2D eigenvalue weighted by Gasteiger charge is 2.84. The standard InChI is InChI=1S/C26H33NO6/c1-8-31-21(28)17-14(3)27-25(7)20(22(29)33-24(4,5)6)19-16-13-11-10-12-15(16)18(17)26(19,25)23(30)32-9-2/h10-13,18-20,27H,8-9H2,1-7H3/t18-,19+,20+,25-,26?/m1/s1. The number of nitrogens with one attached hydrogen (secondary N) is 1. The molecule has 1 aromatic carbocycles. The molecule has 1 heterocycles. The number of hydrogen-bond donors (Lipinski definition) is 1. The van der Waals surface area contributed by atoms with Gasteiger partial charge in [-0.05, 0) is 59.6 Å². The Bertz CT molecular complexity index is 1050. The lowest BCUT2D eigenvalue weighted by Crippen LogP contribution is -2.80. The zero-order chi connectivity index (χ0) is 24.3. The summed E-state index contributed by atoms with van der Waals surface area (Å²) < 4.78 is 16.8. The van der Waals surface area contributed by atoms with Gasteiger partial charge in [0.25, 0.3) is 0 Å². The fourth-order valence-electron chi connectivity index (χ4n) is 6.45. The molecular weight excluding hydrogens is 422 g/mol. The summed E-state index contributed by atoms with van der Waals surface area (Å²) >= 11 is 0. The van der Waals surface area contributed by atoms with Gasteiger partial charge in [-0.3, -0.25) is 9.59 Å². The highest BCUT2D eigenvalue weighted by atomic mass is 16.6. The van der Waals surface area contributed by atoms with Crippen LogP contribution < -0.4 is 5.32 Å². The molecule has 7 nitrogen and oxygen atoms in total. The number of carbonyl (C=O) groups excluding carboxylic acids is 3. The van der Waals surface area contributed by atoms with Gasteiger partial charge < -0.3 is 19.5 Å². The number of rotatable bonds is 5. The molecule has 1 aromatic rings. The van der Waals surface area contributed by atoms with E-state index in [0.717, 1.165) is 11.1 Å². The summed E-state index contributed by atoms with van der Waals surface area (Å²) in [4.78, 5) is 40.5. The van der Waals surface area contributed by atoms with E-state index in [1.165, 1.54) is 0 Å². The Morgan fingerprint density at radius 2 is 1.64 bits per heavy atom. The van der Waals surface area contributed by atoms with Crippen molar-refractivity contribution in [2.45, 2.75) is 71.4 Å². The lowest BCUT2D eigenvalue weighted by atomic mass is 9.38. The first-order valence-corrected chi connectivity index (χ1v) is 11.6. The van der Waals surface area contributed by atoms with Gasteiger partial charge in [0.2, 0.25) is 0 Å². The quantitative estimate of drug-likeness (QED) is 0.536.